The summed E-state index contributed by atoms with van der Waals surface area (Å²) in [6.07, 6.45) is 6.24. The number of amides is 2. The number of hydrogen-bond acceptors (Lipinski definition) is 3. The normalized spacial score (nSPS) is 10.2. The number of aryl methyl sites for hydroxylation is 2. The van der Waals surface area contributed by atoms with Crippen molar-refractivity contribution in [3.63, 3.8) is 0 Å². The molecule has 0 atom stereocenters. The minimum Gasteiger partial charge on any atom is -0.366 e. The molecule has 0 saturated heterocycles. The number of para-hydroxylation sites is 1. The molecular weight excluding hydrogens is 386 g/mol. The molecule has 3 aromatic rings. The van der Waals surface area contributed by atoms with Gasteiger partial charge in [-0.1, -0.05) is 47.5 Å². The van der Waals surface area contributed by atoms with Gasteiger partial charge in [-0.15, -0.1) is 0 Å². The van der Waals surface area contributed by atoms with Gasteiger partial charge in [-0.25, -0.2) is 0 Å². The van der Waals surface area contributed by atoms with Crippen molar-refractivity contribution >= 4 is 35.2 Å². The molecule has 0 radical (unpaired) electrons. The highest BCUT2D eigenvalue weighted by molar-refractivity contribution is 6.34. The number of nitrogens with zero attached hydrogens (tertiary/aromatic N) is 1. The van der Waals surface area contributed by atoms with Gasteiger partial charge >= 0.3 is 0 Å². The fourth-order valence-electron chi connectivity index (χ4n) is 2.33. The number of rotatable bonds is 4. The van der Waals surface area contributed by atoms with Gasteiger partial charge in [0.2, 0.25) is 5.91 Å². The van der Waals surface area contributed by atoms with Crippen LogP contribution in [0, 0.1) is 13.8 Å². The van der Waals surface area contributed by atoms with Crippen LogP contribution >= 0.6 is 11.6 Å². The summed E-state index contributed by atoms with van der Waals surface area (Å²) in [7, 11) is 0. The van der Waals surface area contributed by atoms with Crippen LogP contribution in [0.1, 0.15) is 27.0 Å². The first-order valence-electron chi connectivity index (χ1n) is 8.87. The van der Waals surface area contributed by atoms with E-state index in [9.17, 15) is 9.59 Å². The molecule has 5 nitrogen and oxygen atoms in total. The number of primary amides is 1. The third-order valence-corrected chi connectivity index (χ3v) is 4.21. The fraction of sp³-hybridized carbons (Fsp3) is 0.0870. The Morgan fingerprint density at radius 2 is 1.76 bits per heavy atom. The zero-order valence-electron chi connectivity index (χ0n) is 16.2. The second-order valence-corrected chi connectivity index (χ2v) is 6.68. The third-order valence-electron chi connectivity index (χ3n) is 3.90. The number of carbonyl (C=O) groups is 2. The minimum atomic E-state index is -0.450. The highest BCUT2D eigenvalue weighted by Crippen LogP contribution is 2.25. The number of nitrogens with one attached hydrogen (secondary N) is 1. The highest BCUT2D eigenvalue weighted by atomic mass is 35.5. The van der Waals surface area contributed by atoms with Gasteiger partial charge in [-0.3, -0.25) is 14.6 Å². The first-order valence-corrected chi connectivity index (χ1v) is 9.25. The number of pyridine rings is 1. The largest absolute Gasteiger partial charge is 0.366 e. The van der Waals surface area contributed by atoms with Crippen LogP contribution in [0.5, 0.6) is 0 Å². The predicted octanol–water partition coefficient (Wildman–Crippen LogP) is 4.79. The van der Waals surface area contributed by atoms with Gasteiger partial charge in [0.15, 0.2) is 0 Å². The van der Waals surface area contributed by atoms with Gasteiger partial charge in [-0.05, 0) is 55.3 Å². The second-order valence-electron chi connectivity index (χ2n) is 6.27. The molecule has 2 amide bonds. The van der Waals surface area contributed by atoms with E-state index in [4.69, 9.17) is 17.3 Å². The van der Waals surface area contributed by atoms with Crippen molar-refractivity contribution in [2.75, 3.05) is 5.32 Å². The summed E-state index contributed by atoms with van der Waals surface area (Å²) in [5.74, 6) is -0.597. The number of anilines is 1. The van der Waals surface area contributed by atoms with Gasteiger partial charge in [0, 0.05) is 24.0 Å². The zero-order valence-corrected chi connectivity index (χ0v) is 17.0. The molecule has 0 bridgehead atoms. The van der Waals surface area contributed by atoms with E-state index in [1.54, 1.807) is 42.7 Å². The number of carbonyl (C=O) groups excluding carboxylic acids is 2. The summed E-state index contributed by atoms with van der Waals surface area (Å²) in [6.45, 7) is 3.90. The minimum absolute atomic E-state index is 0.147. The van der Waals surface area contributed by atoms with Crippen LogP contribution in [0.2, 0.25) is 5.02 Å². The Hall–Kier alpha value is -3.44. The summed E-state index contributed by atoms with van der Waals surface area (Å²) in [6, 6.07) is 16.6. The molecule has 3 rings (SSSR count). The lowest BCUT2D eigenvalue weighted by molar-refractivity contribution is -0.113. The lowest BCUT2D eigenvalue weighted by Crippen LogP contribution is -2.13. The summed E-state index contributed by atoms with van der Waals surface area (Å²) < 4.78 is 0. The summed E-state index contributed by atoms with van der Waals surface area (Å²) in [5, 5.41) is 3.39. The fourth-order valence-corrected chi connectivity index (χ4v) is 2.60. The quantitative estimate of drug-likeness (QED) is 0.610. The summed E-state index contributed by atoms with van der Waals surface area (Å²) >= 11 is 6.07. The van der Waals surface area contributed by atoms with Crippen molar-refractivity contribution in [2.24, 2.45) is 5.73 Å². The van der Waals surface area contributed by atoms with Crippen LogP contribution in [0.3, 0.4) is 0 Å². The molecule has 0 fully saturated rings. The molecule has 0 unspecified atom stereocenters. The number of hydrogen-bond donors (Lipinski definition) is 2. The Morgan fingerprint density at radius 3 is 2.34 bits per heavy atom. The topological polar surface area (TPSA) is 85.1 Å². The van der Waals surface area contributed by atoms with Crippen molar-refractivity contribution < 1.29 is 9.59 Å². The van der Waals surface area contributed by atoms with Crippen LogP contribution in [0.4, 0.5) is 5.69 Å². The molecule has 0 aliphatic heterocycles. The predicted molar refractivity (Wildman–Crippen MR) is 118 cm³/mol. The lowest BCUT2D eigenvalue weighted by atomic mass is 10.1. The maximum absolute atomic E-state index is 12.1. The number of halogens is 1. The smallest absolute Gasteiger partial charge is 0.255 e. The number of benzene rings is 2. The molecule has 148 valence electrons. The molecular formula is C23H22ClN3O2. The Balaban J connectivity index is 0.000000234. The summed E-state index contributed by atoms with van der Waals surface area (Å²) in [5.41, 5.74) is 9.13. The zero-order chi connectivity index (χ0) is 21.2. The second kappa shape index (κ2) is 10.8. The van der Waals surface area contributed by atoms with Crippen LogP contribution in [-0.2, 0) is 4.79 Å². The molecule has 1 heterocycles. The molecule has 0 aliphatic rings. The molecule has 0 spiro atoms. The van der Waals surface area contributed by atoms with E-state index in [0.29, 0.717) is 16.3 Å². The van der Waals surface area contributed by atoms with Crippen molar-refractivity contribution in [3.05, 3.63) is 100 Å². The van der Waals surface area contributed by atoms with Crippen molar-refractivity contribution in [3.8, 4) is 0 Å². The van der Waals surface area contributed by atoms with E-state index in [-0.39, 0.29) is 5.91 Å². The maximum atomic E-state index is 12.1. The maximum Gasteiger partial charge on any atom is 0.255 e. The van der Waals surface area contributed by atoms with Gasteiger partial charge in [0.05, 0.1) is 10.7 Å². The van der Waals surface area contributed by atoms with E-state index < -0.39 is 5.91 Å². The van der Waals surface area contributed by atoms with E-state index in [1.807, 2.05) is 44.2 Å². The van der Waals surface area contributed by atoms with Crippen LogP contribution in [0.25, 0.3) is 6.08 Å². The van der Waals surface area contributed by atoms with Crippen molar-refractivity contribution in [1.29, 1.82) is 0 Å². The van der Waals surface area contributed by atoms with Crippen LogP contribution in [0.15, 0.2) is 73.1 Å². The Morgan fingerprint density at radius 1 is 1.03 bits per heavy atom. The Bertz CT molecular complexity index is 980. The molecule has 0 aliphatic carbocycles. The molecule has 6 heteroatoms. The Kier molecular flexibility index (Phi) is 8.12. The molecule has 29 heavy (non-hydrogen) atoms. The van der Waals surface area contributed by atoms with Gasteiger partial charge in [0.25, 0.3) is 5.91 Å². The number of aromatic nitrogens is 1. The van der Waals surface area contributed by atoms with Crippen molar-refractivity contribution in [2.45, 2.75) is 13.8 Å². The van der Waals surface area contributed by atoms with Crippen LogP contribution in [-0.4, -0.2) is 16.8 Å². The molecule has 1 aromatic heterocycles. The third kappa shape index (κ3) is 7.24. The van der Waals surface area contributed by atoms with Crippen molar-refractivity contribution in [1.82, 2.24) is 4.98 Å². The first kappa shape index (κ1) is 21.9. The van der Waals surface area contributed by atoms with E-state index in [2.05, 4.69) is 10.3 Å². The standard InChI is InChI=1S/C15H14ClNO.C8H8N2O/c1-10-6-8-12(9-7-10)15(18)17-14-11(2)4-3-5-13(14)16;9-8(11)4-3-7-2-1-5-10-6-7/h3-9H,1-2H3,(H,17,18);1-6H,(H2,9,11). The van der Waals surface area contributed by atoms with E-state index in [0.717, 1.165) is 16.7 Å². The van der Waals surface area contributed by atoms with Gasteiger partial charge < -0.3 is 11.1 Å². The number of nitrogens with two attached hydrogens (primary N) is 1. The van der Waals surface area contributed by atoms with E-state index in [1.165, 1.54) is 6.08 Å². The lowest BCUT2D eigenvalue weighted by Gasteiger charge is -2.10. The SMILES string of the molecule is Cc1ccc(C(=O)Nc2c(C)cccc2Cl)cc1.NC(=O)C=Cc1cccnc1. The average molecular weight is 408 g/mol. The first-order chi connectivity index (χ1) is 13.9. The average Bonchev–Trinajstić information content (AvgIpc) is 2.71. The highest BCUT2D eigenvalue weighted by Gasteiger charge is 2.09. The molecule has 2 aromatic carbocycles. The molecule has 0 saturated carbocycles. The monoisotopic (exact) mass is 407 g/mol. The van der Waals surface area contributed by atoms with E-state index >= 15 is 0 Å². The summed E-state index contributed by atoms with van der Waals surface area (Å²) in [4.78, 5) is 26.2. The molecule has 3 N–H and O–H groups in total. The Labute approximate surface area is 175 Å². The van der Waals surface area contributed by atoms with Gasteiger partial charge in [0.1, 0.15) is 0 Å². The van der Waals surface area contributed by atoms with Crippen LogP contribution < -0.4 is 11.1 Å². The van der Waals surface area contributed by atoms with Gasteiger partial charge in [-0.2, -0.15) is 0 Å².